The van der Waals surface area contributed by atoms with Crippen LogP contribution in [0.3, 0.4) is 0 Å². The van der Waals surface area contributed by atoms with E-state index in [9.17, 15) is 19.0 Å². The van der Waals surface area contributed by atoms with E-state index in [0.717, 1.165) is 77.0 Å². The Balaban J connectivity index is 4.38. The van der Waals surface area contributed by atoms with Crippen molar-refractivity contribution in [2.75, 3.05) is 47.5 Å². The predicted octanol–water partition coefficient (Wildman–Crippen LogP) is 12.3. The summed E-state index contributed by atoms with van der Waals surface area (Å²) in [6.07, 6.45) is 43.1. The summed E-state index contributed by atoms with van der Waals surface area (Å²) in [7, 11) is 1.15. The molecule has 10 heteroatoms. The van der Waals surface area contributed by atoms with Gasteiger partial charge in [0.15, 0.2) is 6.10 Å². The largest absolute Gasteiger partial charge is 0.756 e. The maximum absolute atomic E-state index is 12.7. The Kier molecular flexibility index (Phi) is 37.5. The highest BCUT2D eigenvalue weighted by Crippen LogP contribution is 2.38. The van der Waals surface area contributed by atoms with E-state index in [-0.39, 0.29) is 26.1 Å². The van der Waals surface area contributed by atoms with Gasteiger partial charge in [0.25, 0.3) is 7.82 Å². The Hall–Kier alpha value is -1.77. The molecular formula is C46H86NO8P. The van der Waals surface area contributed by atoms with Crippen LogP contribution in [-0.2, 0) is 32.7 Å². The van der Waals surface area contributed by atoms with Crippen LogP contribution in [0.25, 0.3) is 0 Å². The zero-order valence-electron chi connectivity index (χ0n) is 36.8. The highest BCUT2D eigenvalue weighted by molar-refractivity contribution is 7.45. The van der Waals surface area contributed by atoms with Gasteiger partial charge < -0.3 is 27.9 Å². The smallest absolute Gasteiger partial charge is 0.306 e. The van der Waals surface area contributed by atoms with Gasteiger partial charge in [-0.1, -0.05) is 147 Å². The lowest BCUT2D eigenvalue weighted by molar-refractivity contribution is -0.870. The van der Waals surface area contributed by atoms with Crippen LogP contribution >= 0.6 is 7.82 Å². The molecule has 0 heterocycles. The number of unbranched alkanes of at least 4 members (excludes halogenated alkanes) is 21. The van der Waals surface area contributed by atoms with Crippen molar-refractivity contribution in [3.8, 4) is 0 Å². The molecule has 0 amide bonds. The minimum absolute atomic E-state index is 0.0351. The lowest BCUT2D eigenvalue weighted by atomic mass is 10.1. The molecule has 2 atom stereocenters. The first-order valence-electron chi connectivity index (χ1n) is 22.7. The molecule has 0 bridgehead atoms. The third-order valence-electron chi connectivity index (χ3n) is 9.63. The van der Waals surface area contributed by atoms with E-state index in [1.165, 1.54) is 83.5 Å². The van der Waals surface area contributed by atoms with Crippen molar-refractivity contribution in [3.63, 3.8) is 0 Å². The zero-order chi connectivity index (χ0) is 41.4. The molecule has 0 aromatic rings. The first-order chi connectivity index (χ1) is 27.0. The number of rotatable bonds is 41. The number of allylic oxidation sites excluding steroid dienone is 6. The van der Waals surface area contributed by atoms with Crippen molar-refractivity contribution in [3.05, 3.63) is 36.5 Å². The molecule has 9 nitrogen and oxygen atoms in total. The third-order valence-corrected chi connectivity index (χ3v) is 10.6. The first-order valence-corrected chi connectivity index (χ1v) is 24.2. The summed E-state index contributed by atoms with van der Waals surface area (Å²) in [4.78, 5) is 37.5. The van der Waals surface area contributed by atoms with Gasteiger partial charge in [0.05, 0.1) is 27.7 Å². The number of hydrogen-bond acceptors (Lipinski definition) is 8. The van der Waals surface area contributed by atoms with E-state index in [0.29, 0.717) is 17.4 Å². The number of likely N-dealkylation sites (N-methyl/N-ethyl adjacent to an activating group) is 1. The minimum atomic E-state index is -4.63. The second kappa shape index (κ2) is 38.7. The average Bonchev–Trinajstić information content (AvgIpc) is 3.15. The minimum Gasteiger partial charge on any atom is -0.756 e. The lowest BCUT2D eigenvalue weighted by Crippen LogP contribution is -2.37. The fraction of sp³-hybridized carbons (Fsp3) is 0.826. The van der Waals surface area contributed by atoms with Crippen molar-refractivity contribution in [1.29, 1.82) is 0 Å². The molecule has 328 valence electrons. The molecule has 0 aromatic carbocycles. The van der Waals surface area contributed by atoms with Crippen LogP contribution in [0, 0.1) is 0 Å². The molecule has 56 heavy (non-hydrogen) atoms. The Labute approximate surface area is 344 Å². The quantitative estimate of drug-likeness (QED) is 0.0197. The topological polar surface area (TPSA) is 111 Å². The van der Waals surface area contributed by atoms with Gasteiger partial charge in [0.1, 0.15) is 19.8 Å². The van der Waals surface area contributed by atoms with Crippen LogP contribution in [0.2, 0.25) is 0 Å². The summed E-state index contributed by atoms with van der Waals surface area (Å²) in [6.45, 7) is 4.19. The highest BCUT2D eigenvalue weighted by atomic mass is 31.2. The molecule has 2 unspecified atom stereocenters. The number of hydrogen-bond donors (Lipinski definition) is 0. The maximum atomic E-state index is 12.7. The van der Waals surface area contributed by atoms with Gasteiger partial charge >= 0.3 is 11.9 Å². The van der Waals surface area contributed by atoms with Crippen LogP contribution in [0.5, 0.6) is 0 Å². The summed E-state index contributed by atoms with van der Waals surface area (Å²) in [6, 6.07) is 0. The maximum Gasteiger partial charge on any atom is 0.306 e. The molecule has 0 aliphatic rings. The molecule has 0 N–H and O–H groups in total. The number of phosphoric acid groups is 1. The summed E-state index contributed by atoms with van der Waals surface area (Å²) in [5, 5.41) is 0. The summed E-state index contributed by atoms with van der Waals surface area (Å²) in [5.41, 5.74) is 0. The van der Waals surface area contributed by atoms with Gasteiger partial charge in [0.2, 0.25) is 0 Å². The van der Waals surface area contributed by atoms with E-state index in [1.54, 1.807) is 0 Å². The summed E-state index contributed by atoms with van der Waals surface area (Å²) < 4.78 is 33.9. The number of ether oxygens (including phenoxy) is 2. The molecule has 0 radical (unpaired) electrons. The standard InChI is InChI=1S/C46H86NO8P/c1-6-8-10-12-14-16-18-20-22-24-26-28-30-32-34-36-38-45(48)52-42-44(43-54-56(50,51)53-41-40-47(3,4)5)55-46(49)39-37-35-33-31-29-27-25-23-21-19-17-15-13-11-9-7-2/h17,19,22-25,44H,6-16,18,20-21,26-43H2,1-5H3/b19-17-,24-22-,25-23-. The zero-order valence-corrected chi connectivity index (χ0v) is 37.7. The SMILES string of the molecule is CCCCCC/C=C\C/C=C\CCCCCCCC(=O)OC(COC(=O)CCCCCCC/C=C\CCCCCCCCC)COP(=O)([O-])OCC[N+](C)(C)C. The molecule has 0 saturated heterocycles. The molecular weight excluding hydrogens is 725 g/mol. The molecule has 0 aliphatic heterocycles. The second-order valence-corrected chi connectivity index (χ2v) is 17.8. The molecule has 0 aromatic heterocycles. The van der Waals surface area contributed by atoms with Crippen LogP contribution < -0.4 is 4.89 Å². The van der Waals surface area contributed by atoms with Crippen molar-refractivity contribution in [1.82, 2.24) is 0 Å². The van der Waals surface area contributed by atoms with Gasteiger partial charge in [0, 0.05) is 12.8 Å². The van der Waals surface area contributed by atoms with E-state index in [2.05, 4.69) is 50.3 Å². The second-order valence-electron chi connectivity index (χ2n) is 16.4. The third kappa shape index (κ3) is 41.9. The van der Waals surface area contributed by atoms with Crippen molar-refractivity contribution in [2.45, 2.75) is 200 Å². The van der Waals surface area contributed by atoms with Gasteiger partial charge in [-0.2, -0.15) is 0 Å². The van der Waals surface area contributed by atoms with Crippen molar-refractivity contribution in [2.24, 2.45) is 0 Å². The van der Waals surface area contributed by atoms with Crippen molar-refractivity contribution < 1.29 is 42.1 Å². The lowest BCUT2D eigenvalue weighted by Gasteiger charge is -2.28. The van der Waals surface area contributed by atoms with Crippen molar-refractivity contribution >= 4 is 19.8 Å². The molecule has 0 fully saturated rings. The molecule has 0 spiro atoms. The fourth-order valence-electron chi connectivity index (χ4n) is 6.03. The van der Waals surface area contributed by atoms with E-state index < -0.39 is 32.5 Å². The van der Waals surface area contributed by atoms with E-state index in [4.69, 9.17) is 18.5 Å². The van der Waals surface area contributed by atoms with Gasteiger partial charge in [-0.05, 0) is 70.6 Å². The Morgan fingerprint density at radius 3 is 1.45 bits per heavy atom. The predicted molar refractivity (Wildman–Crippen MR) is 231 cm³/mol. The normalized spacial score (nSPS) is 13.9. The van der Waals surface area contributed by atoms with Crippen LogP contribution in [-0.4, -0.2) is 70.0 Å². The average molecular weight is 812 g/mol. The van der Waals surface area contributed by atoms with Gasteiger partial charge in [-0.25, -0.2) is 0 Å². The number of carbonyl (C=O) groups is 2. The number of carbonyl (C=O) groups excluding carboxylic acids is 2. The molecule has 0 aliphatic carbocycles. The Bertz CT molecular complexity index is 1050. The fourth-order valence-corrected chi connectivity index (χ4v) is 6.76. The number of quaternary nitrogens is 1. The van der Waals surface area contributed by atoms with Crippen LogP contribution in [0.1, 0.15) is 194 Å². The van der Waals surface area contributed by atoms with E-state index >= 15 is 0 Å². The monoisotopic (exact) mass is 812 g/mol. The number of phosphoric ester groups is 1. The summed E-state index contributed by atoms with van der Waals surface area (Å²) in [5.74, 6) is -0.858. The number of nitrogens with zero attached hydrogens (tertiary/aromatic N) is 1. The summed E-state index contributed by atoms with van der Waals surface area (Å²) >= 11 is 0. The molecule has 0 saturated carbocycles. The Morgan fingerprint density at radius 2 is 0.964 bits per heavy atom. The van der Waals surface area contributed by atoms with Gasteiger partial charge in [-0.3, -0.25) is 14.2 Å². The van der Waals surface area contributed by atoms with Gasteiger partial charge in [-0.15, -0.1) is 0 Å². The Morgan fingerprint density at radius 1 is 0.554 bits per heavy atom. The van der Waals surface area contributed by atoms with E-state index in [1.807, 2.05) is 21.1 Å². The molecule has 0 rings (SSSR count). The van der Waals surface area contributed by atoms with Crippen LogP contribution in [0.4, 0.5) is 0 Å². The van der Waals surface area contributed by atoms with Crippen LogP contribution in [0.15, 0.2) is 36.5 Å². The number of esters is 2. The highest BCUT2D eigenvalue weighted by Gasteiger charge is 2.21. The first kappa shape index (κ1) is 54.2.